The summed E-state index contributed by atoms with van der Waals surface area (Å²) in [5, 5.41) is 4.06. The van der Waals surface area contributed by atoms with E-state index in [4.69, 9.17) is 0 Å². The molecule has 2 rings (SSSR count). The number of methoxy groups -OCH3 is 1. The molecular weight excluding hydrogens is 168 g/mol. The van der Waals surface area contributed by atoms with Crippen LogP contribution in [0.1, 0.15) is 17.9 Å². The summed E-state index contributed by atoms with van der Waals surface area (Å²) in [7, 11) is 3.31. The zero-order chi connectivity index (χ0) is 9.42. The summed E-state index contributed by atoms with van der Waals surface area (Å²) in [4.78, 5) is 11.1. The van der Waals surface area contributed by atoms with E-state index in [0.29, 0.717) is 5.92 Å². The number of hydrogen-bond donors (Lipinski definition) is 0. The molecule has 4 nitrogen and oxygen atoms in total. The first-order chi connectivity index (χ1) is 6.22. The van der Waals surface area contributed by atoms with Crippen molar-refractivity contribution in [1.82, 2.24) is 9.78 Å². The van der Waals surface area contributed by atoms with Gasteiger partial charge in [-0.15, -0.1) is 0 Å². The lowest BCUT2D eigenvalue weighted by Gasteiger charge is -1.94. The minimum Gasteiger partial charge on any atom is -0.469 e. The normalized spacial score (nSPS) is 25.7. The number of nitrogens with zero attached hydrogens (tertiary/aromatic N) is 2. The van der Waals surface area contributed by atoms with Gasteiger partial charge in [0.25, 0.3) is 0 Å². The van der Waals surface area contributed by atoms with Gasteiger partial charge < -0.3 is 4.74 Å². The Kier molecular flexibility index (Phi) is 1.83. The summed E-state index contributed by atoms with van der Waals surface area (Å²) in [6.45, 7) is 0. The molecule has 0 amide bonds. The summed E-state index contributed by atoms with van der Waals surface area (Å²) in [6, 6.07) is 0. The molecule has 0 aliphatic heterocycles. The predicted octanol–water partition coefficient (Wildman–Crippen LogP) is 0.697. The summed E-state index contributed by atoms with van der Waals surface area (Å²) >= 11 is 0. The predicted molar refractivity (Wildman–Crippen MR) is 46.1 cm³/mol. The fourth-order valence-corrected chi connectivity index (χ4v) is 1.61. The monoisotopic (exact) mass is 180 g/mol. The van der Waals surface area contributed by atoms with Gasteiger partial charge in [0.15, 0.2) is 0 Å². The van der Waals surface area contributed by atoms with Gasteiger partial charge in [-0.1, -0.05) is 0 Å². The Balaban J connectivity index is 2.04. The van der Waals surface area contributed by atoms with Crippen LogP contribution in [-0.4, -0.2) is 22.9 Å². The topological polar surface area (TPSA) is 44.1 Å². The van der Waals surface area contributed by atoms with E-state index in [1.54, 1.807) is 4.68 Å². The lowest BCUT2D eigenvalue weighted by Crippen LogP contribution is -2.03. The molecule has 4 heteroatoms. The van der Waals surface area contributed by atoms with Crippen LogP contribution in [0.5, 0.6) is 0 Å². The standard InChI is InChI=1S/C9H12N2O2/c1-11-5-6(4-10-11)7-3-8(7)9(12)13-2/h4-5,7-8H,3H2,1-2H3/t7-,8+/m0/s1. The number of aryl methyl sites for hydroxylation is 1. The van der Waals surface area contributed by atoms with Crippen molar-refractivity contribution in [1.29, 1.82) is 0 Å². The Labute approximate surface area is 76.5 Å². The molecule has 2 atom stereocenters. The molecule has 1 heterocycles. The highest BCUT2D eigenvalue weighted by molar-refractivity contribution is 5.77. The molecule has 0 radical (unpaired) electrons. The molecule has 0 aromatic carbocycles. The van der Waals surface area contributed by atoms with E-state index in [1.807, 2.05) is 19.4 Å². The Morgan fingerprint density at radius 1 is 1.77 bits per heavy atom. The van der Waals surface area contributed by atoms with Gasteiger partial charge in [-0.3, -0.25) is 9.48 Å². The summed E-state index contributed by atoms with van der Waals surface area (Å²) in [5.41, 5.74) is 1.14. The van der Waals surface area contributed by atoms with Crippen molar-refractivity contribution in [3.05, 3.63) is 18.0 Å². The number of ether oxygens (including phenoxy) is 1. The maximum atomic E-state index is 11.1. The van der Waals surface area contributed by atoms with Crippen LogP contribution in [0.15, 0.2) is 12.4 Å². The van der Waals surface area contributed by atoms with Crippen LogP contribution >= 0.6 is 0 Å². The van der Waals surface area contributed by atoms with Crippen LogP contribution in [0.3, 0.4) is 0 Å². The van der Waals surface area contributed by atoms with Crippen molar-refractivity contribution in [2.24, 2.45) is 13.0 Å². The molecule has 1 aromatic rings. The van der Waals surface area contributed by atoms with Crippen molar-refractivity contribution in [2.45, 2.75) is 12.3 Å². The fourth-order valence-electron chi connectivity index (χ4n) is 1.61. The Hall–Kier alpha value is -1.32. The van der Waals surface area contributed by atoms with Crippen LogP contribution < -0.4 is 0 Å². The van der Waals surface area contributed by atoms with Crippen LogP contribution in [0.25, 0.3) is 0 Å². The van der Waals surface area contributed by atoms with Gasteiger partial charge in [-0.05, 0) is 12.0 Å². The fraction of sp³-hybridized carbons (Fsp3) is 0.556. The summed E-state index contributed by atoms with van der Waals surface area (Å²) in [6.07, 6.45) is 4.67. The Morgan fingerprint density at radius 3 is 3.08 bits per heavy atom. The highest BCUT2D eigenvalue weighted by atomic mass is 16.5. The summed E-state index contributed by atoms with van der Waals surface area (Å²) in [5.74, 6) is 0.296. The molecule has 0 saturated heterocycles. The number of carbonyl (C=O) groups excluding carboxylic acids is 1. The van der Waals surface area contributed by atoms with Gasteiger partial charge in [-0.2, -0.15) is 5.10 Å². The van der Waals surface area contributed by atoms with E-state index >= 15 is 0 Å². The molecular formula is C9H12N2O2. The van der Waals surface area contributed by atoms with Gasteiger partial charge in [0.1, 0.15) is 0 Å². The van der Waals surface area contributed by atoms with Gasteiger partial charge >= 0.3 is 5.97 Å². The zero-order valence-corrected chi connectivity index (χ0v) is 7.73. The van der Waals surface area contributed by atoms with Crippen LogP contribution in [0, 0.1) is 5.92 Å². The lowest BCUT2D eigenvalue weighted by atomic mass is 10.2. The second-order valence-electron chi connectivity index (χ2n) is 3.42. The van der Waals surface area contributed by atoms with Gasteiger partial charge in [0.2, 0.25) is 0 Å². The SMILES string of the molecule is COC(=O)[C@@H]1C[C@H]1c1cnn(C)c1. The van der Waals surface area contributed by atoms with Crippen molar-refractivity contribution in [3.8, 4) is 0 Å². The highest BCUT2D eigenvalue weighted by Gasteiger charge is 2.45. The molecule has 13 heavy (non-hydrogen) atoms. The minimum atomic E-state index is -0.103. The van der Waals surface area contributed by atoms with E-state index in [9.17, 15) is 4.79 Å². The Morgan fingerprint density at radius 2 is 2.54 bits per heavy atom. The molecule has 1 aliphatic carbocycles. The first-order valence-corrected chi connectivity index (χ1v) is 4.28. The average molecular weight is 180 g/mol. The van der Waals surface area contributed by atoms with Crippen molar-refractivity contribution < 1.29 is 9.53 Å². The molecule has 1 fully saturated rings. The van der Waals surface area contributed by atoms with Crippen molar-refractivity contribution in [3.63, 3.8) is 0 Å². The van der Waals surface area contributed by atoms with Crippen molar-refractivity contribution in [2.75, 3.05) is 7.11 Å². The lowest BCUT2D eigenvalue weighted by molar-refractivity contribution is -0.142. The average Bonchev–Trinajstić information content (AvgIpc) is 2.82. The molecule has 0 unspecified atom stereocenters. The molecule has 1 saturated carbocycles. The molecule has 1 aliphatic rings. The van der Waals surface area contributed by atoms with E-state index < -0.39 is 0 Å². The third kappa shape index (κ3) is 1.43. The minimum absolute atomic E-state index is 0.0641. The van der Waals surface area contributed by atoms with Crippen LogP contribution in [-0.2, 0) is 16.6 Å². The largest absolute Gasteiger partial charge is 0.469 e. The first kappa shape index (κ1) is 8.29. The van der Waals surface area contributed by atoms with E-state index in [2.05, 4.69) is 9.84 Å². The highest BCUT2D eigenvalue weighted by Crippen LogP contribution is 2.47. The van der Waals surface area contributed by atoms with Crippen molar-refractivity contribution >= 4 is 5.97 Å². The second-order valence-corrected chi connectivity index (χ2v) is 3.42. The third-order valence-electron chi connectivity index (χ3n) is 2.45. The number of hydrogen-bond acceptors (Lipinski definition) is 3. The molecule has 0 bridgehead atoms. The number of carbonyl (C=O) groups is 1. The zero-order valence-electron chi connectivity index (χ0n) is 7.73. The van der Waals surface area contributed by atoms with E-state index in [-0.39, 0.29) is 11.9 Å². The van der Waals surface area contributed by atoms with E-state index in [1.165, 1.54) is 7.11 Å². The quantitative estimate of drug-likeness (QED) is 0.629. The van der Waals surface area contributed by atoms with Gasteiger partial charge in [0, 0.05) is 19.2 Å². The van der Waals surface area contributed by atoms with Gasteiger partial charge in [-0.25, -0.2) is 0 Å². The smallest absolute Gasteiger partial charge is 0.309 e. The molecule has 0 N–H and O–H groups in total. The number of aromatic nitrogens is 2. The van der Waals surface area contributed by atoms with E-state index in [0.717, 1.165) is 12.0 Å². The number of rotatable bonds is 2. The molecule has 0 spiro atoms. The number of esters is 1. The van der Waals surface area contributed by atoms with Crippen LogP contribution in [0.4, 0.5) is 0 Å². The van der Waals surface area contributed by atoms with Gasteiger partial charge in [0.05, 0.1) is 19.2 Å². The Bertz CT molecular complexity index is 332. The maximum Gasteiger partial charge on any atom is 0.309 e. The first-order valence-electron chi connectivity index (χ1n) is 4.28. The summed E-state index contributed by atoms with van der Waals surface area (Å²) < 4.78 is 6.42. The third-order valence-corrected chi connectivity index (χ3v) is 2.45. The second kappa shape index (κ2) is 2.87. The molecule has 70 valence electrons. The maximum absolute atomic E-state index is 11.1. The van der Waals surface area contributed by atoms with Crippen LogP contribution in [0.2, 0.25) is 0 Å². The molecule has 1 aromatic heterocycles.